The van der Waals surface area contributed by atoms with E-state index < -0.39 is 5.25 Å². The van der Waals surface area contributed by atoms with Crippen molar-refractivity contribution in [2.45, 2.75) is 38.1 Å². The molecule has 0 saturated heterocycles. The van der Waals surface area contributed by atoms with Crippen molar-refractivity contribution >= 4 is 29.1 Å². The molecule has 0 aliphatic rings. The van der Waals surface area contributed by atoms with Crippen LogP contribution < -0.4 is 5.32 Å². The maximum absolute atomic E-state index is 12.6. The lowest BCUT2D eigenvalue weighted by atomic mass is 10.1. The minimum Gasteiger partial charge on any atom is -0.325 e. The summed E-state index contributed by atoms with van der Waals surface area (Å²) in [5, 5.41) is 14.8. The van der Waals surface area contributed by atoms with Crippen LogP contribution >= 0.6 is 11.8 Å². The number of anilines is 1. The van der Waals surface area contributed by atoms with Gasteiger partial charge < -0.3 is 5.32 Å². The van der Waals surface area contributed by atoms with Crippen LogP contribution in [0.15, 0.2) is 47.6 Å². The summed E-state index contributed by atoms with van der Waals surface area (Å²) in [7, 11) is 0. The van der Waals surface area contributed by atoms with Gasteiger partial charge in [0.05, 0.1) is 10.9 Å². The average Bonchev–Trinajstić information content (AvgIpc) is 3.09. The number of Topliss-reactive ketones (excluding diaryl/α,β-unsaturated/α-hetero) is 1. The summed E-state index contributed by atoms with van der Waals surface area (Å²) in [5.74, 6) is -0.243. The molecule has 3 aromatic rings. The van der Waals surface area contributed by atoms with Gasteiger partial charge in [0.1, 0.15) is 0 Å². The number of thioether (sulfide) groups is 1. The molecule has 0 fully saturated rings. The molecule has 2 aromatic carbocycles. The first-order valence-electron chi connectivity index (χ1n) is 8.79. The van der Waals surface area contributed by atoms with Gasteiger partial charge in [0.2, 0.25) is 11.1 Å². The van der Waals surface area contributed by atoms with Crippen molar-refractivity contribution in [3.63, 3.8) is 0 Å². The smallest absolute Gasteiger partial charge is 0.237 e. The molecule has 1 amide bonds. The lowest BCUT2D eigenvalue weighted by Gasteiger charge is -2.13. The summed E-state index contributed by atoms with van der Waals surface area (Å²) in [5.41, 5.74) is 4.22. The number of amides is 1. The highest BCUT2D eigenvalue weighted by Gasteiger charge is 2.20. The zero-order valence-corrected chi connectivity index (χ0v) is 16.9. The van der Waals surface area contributed by atoms with Gasteiger partial charge >= 0.3 is 0 Å². The predicted octanol–water partition coefficient (Wildman–Crippen LogP) is 3.60. The van der Waals surface area contributed by atoms with Gasteiger partial charge in [-0.25, -0.2) is 0 Å². The van der Waals surface area contributed by atoms with Crippen molar-refractivity contribution in [3.8, 4) is 5.69 Å². The van der Waals surface area contributed by atoms with E-state index >= 15 is 0 Å². The van der Waals surface area contributed by atoms with Crippen molar-refractivity contribution < 1.29 is 9.59 Å². The van der Waals surface area contributed by atoms with E-state index in [4.69, 9.17) is 0 Å². The highest BCUT2D eigenvalue weighted by molar-refractivity contribution is 8.00. The van der Waals surface area contributed by atoms with E-state index in [9.17, 15) is 9.59 Å². The number of nitrogens with one attached hydrogen (secondary N) is 1. The molecule has 1 aromatic heterocycles. The largest absolute Gasteiger partial charge is 0.325 e. The first-order valence-corrected chi connectivity index (χ1v) is 9.67. The van der Waals surface area contributed by atoms with Gasteiger partial charge in [-0.05, 0) is 61.9 Å². The number of benzene rings is 2. The van der Waals surface area contributed by atoms with Gasteiger partial charge in [-0.15, -0.1) is 5.10 Å². The van der Waals surface area contributed by atoms with Crippen LogP contribution in [-0.4, -0.2) is 37.1 Å². The van der Waals surface area contributed by atoms with Gasteiger partial charge in [0, 0.05) is 11.3 Å². The highest BCUT2D eigenvalue weighted by atomic mass is 32.2. The molecule has 0 unspecified atom stereocenters. The molecule has 0 spiro atoms. The fourth-order valence-electron chi connectivity index (χ4n) is 2.72. The second kappa shape index (κ2) is 8.35. The molecule has 0 bridgehead atoms. The molecule has 144 valence electrons. The van der Waals surface area contributed by atoms with Crippen molar-refractivity contribution in [1.29, 1.82) is 0 Å². The third-order valence-electron chi connectivity index (χ3n) is 4.21. The number of aromatic nitrogens is 4. The van der Waals surface area contributed by atoms with Crippen LogP contribution in [0.1, 0.15) is 35.3 Å². The number of carbonyl (C=O) groups is 2. The third kappa shape index (κ3) is 4.45. The van der Waals surface area contributed by atoms with Gasteiger partial charge in [0.25, 0.3) is 0 Å². The van der Waals surface area contributed by atoms with Crippen LogP contribution in [-0.2, 0) is 4.79 Å². The van der Waals surface area contributed by atoms with Gasteiger partial charge in [-0.1, -0.05) is 41.6 Å². The summed E-state index contributed by atoms with van der Waals surface area (Å²) >= 11 is 1.27. The maximum atomic E-state index is 12.6. The standard InChI is InChI=1S/C20H21N5O2S/c1-12-8-9-18(13(2)10-12)25-20(22-23-24-25)28-15(4)19(27)21-17-7-5-6-16(11-17)14(3)26/h5-11,15H,1-4H3,(H,21,27)/t15-/m1/s1. The van der Waals surface area contributed by atoms with Crippen LogP contribution in [0.4, 0.5) is 5.69 Å². The van der Waals surface area contributed by atoms with Gasteiger partial charge in [0.15, 0.2) is 5.78 Å². The first kappa shape index (κ1) is 19.8. The maximum Gasteiger partial charge on any atom is 0.237 e. The fourth-order valence-corrected chi connectivity index (χ4v) is 3.52. The topological polar surface area (TPSA) is 89.8 Å². The number of nitrogens with zero attached hydrogens (tertiary/aromatic N) is 4. The molecule has 3 rings (SSSR count). The average molecular weight is 395 g/mol. The second-order valence-electron chi connectivity index (χ2n) is 6.55. The molecule has 7 nitrogen and oxygen atoms in total. The Morgan fingerprint density at radius 3 is 2.64 bits per heavy atom. The Morgan fingerprint density at radius 1 is 1.14 bits per heavy atom. The van der Waals surface area contributed by atoms with Crippen molar-refractivity contribution in [3.05, 3.63) is 59.2 Å². The molecule has 1 N–H and O–H groups in total. The monoisotopic (exact) mass is 395 g/mol. The van der Waals surface area contributed by atoms with Crippen LogP contribution in [0.3, 0.4) is 0 Å². The summed E-state index contributed by atoms with van der Waals surface area (Å²) in [4.78, 5) is 24.1. The van der Waals surface area contributed by atoms with E-state index in [1.807, 2.05) is 26.0 Å². The van der Waals surface area contributed by atoms with Crippen LogP contribution in [0.25, 0.3) is 5.69 Å². The summed E-state index contributed by atoms with van der Waals surface area (Å²) in [6.07, 6.45) is 0. The molecule has 1 heterocycles. The van der Waals surface area contributed by atoms with Crippen LogP contribution in [0.2, 0.25) is 0 Å². The highest BCUT2D eigenvalue weighted by Crippen LogP contribution is 2.25. The number of hydrogen-bond acceptors (Lipinski definition) is 6. The molecule has 0 aliphatic heterocycles. The molecular weight excluding hydrogens is 374 g/mol. The Kier molecular flexibility index (Phi) is 5.89. The van der Waals surface area contributed by atoms with E-state index in [1.54, 1.807) is 35.9 Å². The number of hydrogen-bond donors (Lipinski definition) is 1. The molecule has 0 radical (unpaired) electrons. The van der Waals surface area contributed by atoms with Crippen molar-refractivity contribution in [2.75, 3.05) is 5.32 Å². The number of aryl methyl sites for hydroxylation is 2. The SMILES string of the molecule is CC(=O)c1cccc(NC(=O)[C@@H](C)Sc2nnnn2-c2ccc(C)cc2C)c1. The molecule has 1 atom stereocenters. The molecule has 0 aliphatic carbocycles. The van der Waals surface area contributed by atoms with E-state index in [2.05, 4.69) is 26.9 Å². The Hall–Kier alpha value is -3.00. The van der Waals surface area contributed by atoms with Crippen molar-refractivity contribution in [1.82, 2.24) is 20.2 Å². The van der Waals surface area contributed by atoms with E-state index in [-0.39, 0.29) is 11.7 Å². The molecule has 0 saturated carbocycles. The normalized spacial score (nSPS) is 11.9. The Labute approximate surface area is 167 Å². The first-order chi connectivity index (χ1) is 13.3. The Balaban J connectivity index is 1.74. The van der Waals surface area contributed by atoms with E-state index in [1.165, 1.54) is 18.7 Å². The molecule has 28 heavy (non-hydrogen) atoms. The minimum atomic E-state index is -0.434. The van der Waals surface area contributed by atoms with Crippen LogP contribution in [0.5, 0.6) is 0 Å². The summed E-state index contributed by atoms with van der Waals surface area (Å²) < 4.78 is 1.64. The zero-order valence-electron chi connectivity index (χ0n) is 16.1. The van der Waals surface area contributed by atoms with Gasteiger partial charge in [-0.2, -0.15) is 4.68 Å². The quantitative estimate of drug-likeness (QED) is 0.507. The summed E-state index contributed by atoms with van der Waals surface area (Å²) in [6, 6.07) is 12.9. The van der Waals surface area contributed by atoms with Gasteiger partial charge in [-0.3, -0.25) is 9.59 Å². The lowest BCUT2D eigenvalue weighted by molar-refractivity contribution is -0.115. The number of ketones is 1. The second-order valence-corrected chi connectivity index (χ2v) is 7.86. The van der Waals surface area contributed by atoms with E-state index in [0.717, 1.165) is 16.8 Å². The zero-order chi connectivity index (χ0) is 20.3. The summed E-state index contributed by atoms with van der Waals surface area (Å²) in [6.45, 7) is 7.30. The van der Waals surface area contributed by atoms with E-state index in [0.29, 0.717) is 16.4 Å². The molecule has 8 heteroatoms. The number of tetrazole rings is 1. The van der Waals surface area contributed by atoms with Crippen molar-refractivity contribution in [2.24, 2.45) is 0 Å². The molecular formula is C20H21N5O2S. The lowest BCUT2D eigenvalue weighted by Crippen LogP contribution is -2.23. The van der Waals surface area contributed by atoms with Crippen LogP contribution in [0, 0.1) is 13.8 Å². The number of rotatable bonds is 6. The minimum absolute atomic E-state index is 0.0498. The third-order valence-corrected chi connectivity index (χ3v) is 5.24. The predicted molar refractivity (Wildman–Crippen MR) is 109 cm³/mol. The number of carbonyl (C=O) groups excluding carboxylic acids is 2. The fraction of sp³-hybridized carbons (Fsp3) is 0.250. The Morgan fingerprint density at radius 2 is 1.93 bits per heavy atom. The Bertz CT molecular complexity index is 1030.